The van der Waals surface area contributed by atoms with Gasteiger partial charge < -0.3 is 9.64 Å². The van der Waals surface area contributed by atoms with Crippen LogP contribution in [0, 0.1) is 6.92 Å². The normalized spacial score (nSPS) is 15.8. The summed E-state index contributed by atoms with van der Waals surface area (Å²) in [7, 11) is 1.72. The van der Waals surface area contributed by atoms with Crippen molar-refractivity contribution in [3.63, 3.8) is 0 Å². The van der Waals surface area contributed by atoms with Crippen LogP contribution in [-0.2, 0) is 6.54 Å². The molecule has 2 aromatic carbocycles. The molecule has 0 unspecified atom stereocenters. The van der Waals surface area contributed by atoms with Crippen LogP contribution in [0.15, 0.2) is 48.5 Å². The van der Waals surface area contributed by atoms with Crippen molar-refractivity contribution in [2.45, 2.75) is 13.5 Å². The van der Waals surface area contributed by atoms with Crippen LogP contribution in [0.25, 0.3) is 0 Å². The summed E-state index contributed by atoms with van der Waals surface area (Å²) in [4.78, 5) is 4.97. The highest BCUT2D eigenvalue weighted by Gasteiger charge is 2.17. The van der Waals surface area contributed by atoms with Crippen LogP contribution >= 0.6 is 0 Å². The Morgan fingerprint density at radius 2 is 1.68 bits per heavy atom. The maximum Gasteiger partial charge on any atom is 0.120 e. The van der Waals surface area contributed by atoms with Crippen LogP contribution in [0.1, 0.15) is 11.1 Å². The van der Waals surface area contributed by atoms with Crippen molar-refractivity contribution < 1.29 is 4.74 Å². The van der Waals surface area contributed by atoms with Gasteiger partial charge in [-0.1, -0.05) is 35.9 Å². The minimum atomic E-state index is 0.930. The molecular formula is C19H24N2O. The fraction of sp³-hybridized carbons (Fsp3) is 0.368. The number of rotatable bonds is 4. The van der Waals surface area contributed by atoms with Crippen LogP contribution < -0.4 is 9.64 Å². The number of ether oxygens (including phenoxy) is 1. The molecule has 0 radical (unpaired) electrons. The minimum absolute atomic E-state index is 0.930. The van der Waals surface area contributed by atoms with Gasteiger partial charge in [0.1, 0.15) is 5.75 Å². The largest absolute Gasteiger partial charge is 0.497 e. The zero-order valence-corrected chi connectivity index (χ0v) is 13.5. The lowest BCUT2D eigenvalue weighted by molar-refractivity contribution is 0.250. The van der Waals surface area contributed by atoms with Gasteiger partial charge in [0.2, 0.25) is 0 Å². The van der Waals surface area contributed by atoms with Crippen LogP contribution in [0.4, 0.5) is 5.69 Å². The van der Waals surface area contributed by atoms with Crippen molar-refractivity contribution in [3.8, 4) is 5.75 Å². The molecule has 1 heterocycles. The SMILES string of the molecule is COc1cccc(N2CCN(Cc3ccc(C)cc3)CC2)c1. The topological polar surface area (TPSA) is 15.7 Å². The van der Waals surface area contributed by atoms with Crippen LogP contribution in [-0.4, -0.2) is 38.2 Å². The van der Waals surface area contributed by atoms with E-state index in [1.165, 1.54) is 16.8 Å². The Bertz CT molecular complexity index is 601. The minimum Gasteiger partial charge on any atom is -0.497 e. The molecular weight excluding hydrogens is 272 g/mol. The van der Waals surface area contributed by atoms with E-state index in [-0.39, 0.29) is 0 Å². The maximum atomic E-state index is 5.32. The second kappa shape index (κ2) is 6.84. The monoisotopic (exact) mass is 296 g/mol. The molecule has 0 aliphatic carbocycles. The highest BCUT2D eigenvalue weighted by atomic mass is 16.5. The van der Waals surface area contributed by atoms with Gasteiger partial charge >= 0.3 is 0 Å². The number of benzene rings is 2. The molecule has 0 saturated carbocycles. The molecule has 3 nitrogen and oxygen atoms in total. The first-order valence-corrected chi connectivity index (χ1v) is 7.91. The van der Waals surface area contributed by atoms with Gasteiger partial charge in [0.15, 0.2) is 0 Å². The van der Waals surface area contributed by atoms with E-state index in [9.17, 15) is 0 Å². The van der Waals surface area contributed by atoms with Gasteiger partial charge in [0.05, 0.1) is 7.11 Å². The standard InChI is InChI=1S/C19H24N2O/c1-16-6-8-17(9-7-16)15-20-10-12-21(13-11-20)18-4-3-5-19(14-18)22-2/h3-9,14H,10-13,15H2,1-2H3. The van der Waals surface area contributed by atoms with Crippen LogP contribution in [0.3, 0.4) is 0 Å². The summed E-state index contributed by atoms with van der Waals surface area (Å²) < 4.78 is 5.32. The Labute approximate surface area is 133 Å². The second-order valence-electron chi connectivity index (χ2n) is 5.95. The molecule has 22 heavy (non-hydrogen) atoms. The van der Waals surface area contributed by atoms with Crippen molar-refractivity contribution in [1.29, 1.82) is 0 Å². The molecule has 2 aromatic rings. The highest BCUT2D eigenvalue weighted by molar-refractivity contribution is 5.51. The molecule has 1 aliphatic heterocycles. The van der Waals surface area contributed by atoms with Gasteiger partial charge in [-0.15, -0.1) is 0 Å². The van der Waals surface area contributed by atoms with Gasteiger partial charge in [-0.25, -0.2) is 0 Å². The third-order valence-corrected chi connectivity index (χ3v) is 4.32. The second-order valence-corrected chi connectivity index (χ2v) is 5.95. The Kier molecular flexibility index (Phi) is 4.64. The molecule has 0 amide bonds. The van der Waals surface area contributed by atoms with Gasteiger partial charge in [-0.05, 0) is 24.6 Å². The zero-order chi connectivity index (χ0) is 15.4. The quantitative estimate of drug-likeness (QED) is 0.861. The molecule has 1 aliphatic rings. The highest BCUT2D eigenvalue weighted by Crippen LogP contribution is 2.22. The van der Waals surface area contributed by atoms with Crippen molar-refractivity contribution in [2.24, 2.45) is 0 Å². The number of piperazine rings is 1. The Balaban J connectivity index is 1.56. The summed E-state index contributed by atoms with van der Waals surface area (Å²) in [5.74, 6) is 0.930. The smallest absolute Gasteiger partial charge is 0.120 e. The van der Waals surface area contributed by atoms with Gasteiger partial charge in [-0.3, -0.25) is 4.90 Å². The van der Waals surface area contributed by atoms with E-state index in [1.54, 1.807) is 7.11 Å². The van der Waals surface area contributed by atoms with E-state index in [1.807, 2.05) is 6.07 Å². The molecule has 1 fully saturated rings. The van der Waals surface area contributed by atoms with E-state index in [2.05, 4.69) is 59.2 Å². The zero-order valence-electron chi connectivity index (χ0n) is 13.5. The molecule has 3 rings (SSSR count). The number of anilines is 1. The molecule has 0 atom stereocenters. The van der Waals surface area contributed by atoms with Crippen LogP contribution in [0.2, 0.25) is 0 Å². The lowest BCUT2D eigenvalue weighted by atomic mass is 10.1. The summed E-state index contributed by atoms with van der Waals surface area (Å²) >= 11 is 0. The summed E-state index contributed by atoms with van der Waals surface area (Å²) in [5, 5.41) is 0. The number of methoxy groups -OCH3 is 1. The van der Waals surface area contributed by atoms with E-state index in [0.717, 1.165) is 38.5 Å². The Morgan fingerprint density at radius 3 is 2.36 bits per heavy atom. The number of aryl methyl sites for hydroxylation is 1. The van der Waals surface area contributed by atoms with Gasteiger partial charge in [0.25, 0.3) is 0 Å². The lowest BCUT2D eigenvalue weighted by Gasteiger charge is -2.36. The number of hydrogen-bond acceptors (Lipinski definition) is 3. The first-order chi connectivity index (χ1) is 10.7. The molecule has 116 valence electrons. The third kappa shape index (κ3) is 3.60. The molecule has 0 spiro atoms. The van der Waals surface area contributed by atoms with Crippen molar-refractivity contribution in [3.05, 3.63) is 59.7 Å². The predicted molar refractivity (Wildman–Crippen MR) is 91.7 cm³/mol. The number of hydrogen-bond donors (Lipinski definition) is 0. The Hall–Kier alpha value is -2.00. The Morgan fingerprint density at radius 1 is 0.955 bits per heavy atom. The maximum absolute atomic E-state index is 5.32. The van der Waals surface area contributed by atoms with Gasteiger partial charge in [-0.2, -0.15) is 0 Å². The third-order valence-electron chi connectivity index (χ3n) is 4.32. The molecule has 3 heteroatoms. The molecule has 0 bridgehead atoms. The number of nitrogens with zero attached hydrogens (tertiary/aromatic N) is 2. The van der Waals surface area contributed by atoms with E-state index < -0.39 is 0 Å². The van der Waals surface area contributed by atoms with Crippen LogP contribution in [0.5, 0.6) is 5.75 Å². The summed E-state index contributed by atoms with van der Waals surface area (Å²) in [5.41, 5.74) is 3.99. The first-order valence-electron chi connectivity index (χ1n) is 7.91. The lowest BCUT2D eigenvalue weighted by Crippen LogP contribution is -2.45. The van der Waals surface area contributed by atoms with Gasteiger partial charge in [0, 0.05) is 44.5 Å². The van der Waals surface area contributed by atoms with E-state index in [4.69, 9.17) is 4.74 Å². The van der Waals surface area contributed by atoms with Crippen molar-refractivity contribution >= 4 is 5.69 Å². The summed E-state index contributed by atoms with van der Waals surface area (Å²) in [6, 6.07) is 17.2. The van der Waals surface area contributed by atoms with E-state index in [0.29, 0.717) is 0 Å². The molecule has 0 N–H and O–H groups in total. The first kappa shape index (κ1) is 14.9. The summed E-state index contributed by atoms with van der Waals surface area (Å²) in [6.45, 7) is 7.52. The molecule has 0 aromatic heterocycles. The summed E-state index contributed by atoms with van der Waals surface area (Å²) in [6.07, 6.45) is 0. The fourth-order valence-electron chi connectivity index (χ4n) is 2.92. The fourth-order valence-corrected chi connectivity index (χ4v) is 2.92. The average Bonchev–Trinajstić information content (AvgIpc) is 2.58. The average molecular weight is 296 g/mol. The molecule has 1 saturated heterocycles. The predicted octanol–water partition coefficient (Wildman–Crippen LogP) is 3.33. The van der Waals surface area contributed by atoms with E-state index >= 15 is 0 Å². The van der Waals surface area contributed by atoms with Crippen molar-refractivity contribution in [2.75, 3.05) is 38.2 Å². The van der Waals surface area contributed by atoms with Crippen molar-refractivity contribution in [1.82, 2.24) is 4.90 Å².